The van der Waals surface area contributed by atoms with E-state index in [0.717, 1.165) is 12.5 Å². The van der Waals surface area contributed by atoms with Gasteiger partial charge in [0.15, 0.2) is 5.69 Å². The Morgan fingerprint density at radius 1 is 1.26 bits per heavy atom. The van der Waals surface area contributed by atoms with Crippen LogP contribution in [0.3, 0.4) is 0 Å². The van der Waals surface area contributed by atoms with E-state index >= 15 is 0 Å². The van der Waals surface area contributed by atoms with Crippen molar-refractivity contribution in [3.63, 3.8) is 0 Å². The van der Waals surface area contributed by atoms with Crippen LogP contribution in [0.5, 0.6) is 0 Å². The molecule has 0 amide bonds. The summed E-state index contributed by atoms with van der Waals surface area (Å²) in [5.41, 5.74) is -0.992. The van der Waals surface area contributed by atoms with E-state index in [9.17, 15) is 13.2 Å². The van der Waals surface area contributed by atoms with Crippen LogP contribution in [-0.2, 0) is 6.18 Å². The average Bonchev–Trinajstić information content (AvgIpc) is 2.31. The molecule has 1 aromatic heterocycles. The molecule has 2 atom stereocenters. The minimum atomic E-state index is -4.50. The maximum atomic E-state index is 12.7. The Balaban J connectivity index is 2.28. The first kappa shape index (κ1) is 14.4. The van der Waals surface area contributed by atoms with Gasteiger partial charge in [-0.3, -0.25) is 0 Å². The molecule has 7 heteroatoms. The van der Waals surface area contributed by atoms with Gasteiger partial charge in [-0.1, -0.05) is 13.8 Å². The first-order valence-corrected chi connectivity index (χ1v) is 6.52. The van der Waals surface area contributed by atoms with E-state index in [1.807, 2.05) is 4.90 Å². The van der Waals surface area contributed by atoms with Crippen LogP contribution in [0.1, 0.15) is 26.0 Å². The summed E-state index contributed by atoms with van der Waals surface area (Å²) < 4.78 is 38.1. The van der Waals surface area contributed by atoms with Gasteiger partial charge in [-0.15, -0.1) is 0 Å². The van der Waals surface area contributed by atoms with Gasteiger partial charge in [-0.25, -0.2) is 9.97 Å². The molecule has 106 valence electrons. The first-order valence-electron chi connectivity index (χ1n) is 6.14. The van der Waals surface area contributed by atoms with Crippen molar-refractivity contribution in [1.29, 1.82) is 0 Å². The van der Waals surface area contributed by atoms with Crippen LogP contribution < -0.4 is 4.90 Å². The molecule has 0 radical (unpaired) electrons. The van der Waals surface area contributed by atoms with E-state index in [-0.39, 0.29) is 11.1 Å². The second-order valence-electron chi connectivity index (χ2n) is 5.07. The fourth-order valence-electron chi connectivity index (χ4n) is 2.18. The maximum absolute atomic E-state index is 12.7. The molecule has 2 heterocycles. The molecule has 1 aliphatic rings. The van der Waals surface area contributed by atoms with Crippen molar-refractivity contribution in [1.82, 2.24) is 9.97 Å². The third-order valence-corrected chi connectivity index (χ3v) is 3.80. The van der Waals surface area contributed by atoms with Crippen LogP contribution in [0.25, 0.3) is 0 Å². The fraction of sp³-hybridized carbons (Fsp3) is 0.667. The van der Waals surface area contributed by atoms with Crippen LogP contribution in [0.2, 0.25) is 5.28 Å². The summed E-state index contributed by atoms with van der Waals surface area (Å²) >= 11 is 5.59. The predicted molar refractivity (Wildman–Crippen MR) is 67.2 cm³/mol. The molecular formula is C12H15ClF3N3. The highest BCUT2D eigenvalue weighted by Crippen LogP contribution is 2.32. The Morgan fingerprint density at radius 2 is 1.95 bits per heavy atom. The van der Waals surface area contributed by atoms with Gasteiger partial charge in [-0.2, -0.15) is 13.2 Å². The fourth-order valence-corrected chi connectivity index (χ4v) is 2.36. The number of piperidine rings is 1. The molecule has 0 aromatic carbocycles. The molecule has 2 rings (SSSR count). The van der Waals surface area contributed by atoms with E-state index < -0.39 is 11.9 Å². The smallest absolute Gasteiger partial charge is 0.356 e. The van der Waals surface area contributed by atoms with Crippen LogP contribution in [0, 0.1) is 11.8 Å². The van der Waals surface area contributed by atoms with Crippen LogP contribution >= 0.6 is 11.6 Å². The number of nitrogens with zero attached hydrogens (tertiary/aromatic N) is 3. The van der Waals surface area contributed by atoms with Crippen LogP contribution in [-0.4, -0.2) is 23.1 Å². The van der Waals surface area contributed by atoms with Gasteiger partial charge in [0.1, 0.15) is 5.82 Å². The molecule has 0 bridgehead atoms. The lowest BCUT2D eigenvalue weighted by Crippen LogP contribution is -2.39. The zero-order valence-electron chi connectivity index (χ0n) is 10.7. The summed E-state index contributed by atoms with van der Waals surface area (Å²) in [7, 11) is 0. The Kier molecular flexibility index (Phi) is 3.90. The van der Waals surface area contributed by atoms with Gasteiger partial charge in [-0.05, 0) is 29.9 Å². The summed E-state index contributed by atoms with van der Waals surface area (Å²) in [6.07, 6.45) is -3.57. The number of aromatic nitrogens is 2. The highest BCUT2D eigenvalue weighted by atomic mass is 35.5. The topological polar surface area (TPSA) is 29.0 Å². The van der Waals surface area contributed by atoms with Crippen molar-refractivity contribution in [3.05, 3.63) is 17.0 Å². The second kappa shape index (κ2) is 5.15. The number of hydrogen-bond donors (Lipinski definition) is 0. The van der Waals surface area contributed by atoms with Crippen molar-refractivity contribution in [2.24, 2.45) is 11.8 Å². The molecule has 19 heavy (non-hydrogen) atoms. The standard InChI is InChI=1S/C12H15ClF3N3/c1-7-3-4-19(6-8(7)2)10-5-9(12(14,15)16)17-11(13)18-10/h5,7-8H,3-4,6H2,1-2H3. The SMILES string of the molecule is CC1CCN(c2cc(C(F)(F)F)nc(Cl)n2)CC1C. The highest BCUT2D eigenvalue weighted by Gasteiger charge is 2.34. The third kappa shape index (κ3) is 3.29. The van der Waals surface area contributed by atoms with Crippen molar-refractivity contribution in [2.45, 2.75) is 26.4 Å². The number of anilines is 1. The third-order valence-electron chi connectivity index (χ3n) is 3.63. The molecule has 0 saturated carbocycles. The molecule has 0 spiro atoms. The zero-order valence-corrected chi connectivity index (χ0v) is 11.5. The van der Waals surface area contributed by atoms with Crippen LogP contribution in [0.4, 0.5) is 19.0 Å². The van der Waals surface area contributed by atoms with E-state index in [2.05, 4.69) is 23.8 Å². The quantitative estimate of drug-likeness (QED) is 0.740. The molecule has 1 aliphatic heterocycles. The summed E-state index contributed by atoms with van der Waals surface area (Å²) in [6, 6.07) is 0.967. The second-order valence-corrected chi connectivity index (χ2v) is 5.41. The zero-order chi connectivity index (χ0) is 14.2. The minimum absolute atomic E-state index is 0.256. The Bertz CT molecular complexity index is 464. The van der Waals surface area contributed by atoms with Crippen molar-refractivity contribution < 1.29 is 13.2 Å². The lowest BCUT2D eigenvalue weighted by atomic mass is 9.89. The van der Waals surface area contributed by atoms with Crippen molar-refractivity contribution in [3.8, 4) is 0 Å². The summed E-state index contributed by atoms with van der Waals surface area (Å²) in [4.78, 5) is 8.99. The highest BCUT2D eigenvalue weighted by molar-refractivity contribution is 6.28. The molecule has 2 unspecified atom stereocenters. The van der Waals surface area contributed by atoms with E-state index in [1.165, 1.54) is 0 Å². The van der Waals surface area contributed by atoms with Gasteiger partial charge >= 0.3 is 6.18 Å². The summed E-state index contributed by atoms with van der Waals surface area (Å²) in [5.74, 6) is 1.23. The molecule has 3 nitrogen and oxygen atoms in total. The molecule has 1 fully saturated rings. The predicted octanol–water partition coefficient (Wildman–Crippen LogP) is 3.63. The van der Waals surface area contributed by atoms with Crippen molar-refractivity contribution in [2.75, 3.05) is 18.0 Å². The number of halogens is 4. The molecule has 1 aromatic rings. The summed E-state index contributed by atoms with van der Waals surface area (Å²) in [6.45, 7) is 5.61. The van der Waals surface area contributed by atoms with E-state index in [4.69, 9.17) is 11.6 Å². The van der Waals surface area contributed by atoms with Gasteiger partial charge in [0.05, 0.1) is 0 Å². The average molecular weight is 294 g/mol. The van der Waals surface area contributed by atoms with E-state index in [1.54, 1.807) is 0 Å². The monoisotopic (exact) mass is 293 g/mol. The Labute approximate surface area is 114 Å². The van der Waals surface area contributed by atoms with Crippen molar-refractivity contribution >= 4 is 17.4 Å². The van der Waals surface area contributed by atoms with Gasteiger partial charge in [0.25, 0.3) is 0 Å². The summed E-state index contributed by atoms with van der Waals surface area (Å²) in [5, 5.41) is -0.365. The lowest BCUT2D eigenvalue weighted by molar-refractivity contribution is -0.141. The van der Waals surface area contributed by atoms with E-state index in [0.29, 0.717) is 24.9 Å². The number of rotatable bonds is 1. The number of hydrogen-bond acceptors (Lipinski definition) is 3. The first-order chi connectivity index (χ1) is 8.77. The van der Waals surface area contributed by atoms with Crippen LogP contribution in [0.15, 0.2) is 6.07 Å². The van der Waals surface area contributed by atoms with Gasteiger partial charge in [0, 0.05) is 19.2 Å². The Hall–Kier alpha value is -1.04. The minimum Gasteiger partial charge on any atom is -0.356 e. The molecule has 1 saturated heterocycles. The van der Waals surface area contributed by atoms with Gasteiger partial charge in [0.2, 0.25) is 5.28 Å². The lowest BCUT2D eigenvalue weighted by Gasteiger charge is -2.36. The maximum Gasteiger partial charge on any atom is 0.433 e. The Morgan fingerprint density at radius 3 is 2.53 bits per heavy atom. The normalized spacial score (nSPS) is 24.6. The largest absolute Gasteiger partial charge is 0.433 e. The molecular weight excluding hydrogens is 279 g/mol. The number of alkyl halides is 3. The van der Waals surface area contributed by atoms with Gasteiger partial charge < -0.3 is 4.90 Å². The molecule has 0 N–H and O–H groups in total. The molecule has 0 aliphatic carbocycles.